The summed E-state index contributed by atoms with van der Waals surface area (Å²) in [6.45, 7) is 1.26. The molecule has 20 heavy (non-hydrogen) atoms. The number of hydrogen-bond donors (Lipinski definition) is 1. The molecule has 0 spiro atoms. The lowest BCUT2D eigenvalue weighted by Gasteiger charge is -2.26. The van der Waals surface area contributed by atoms with Gasteiger partial charge >= 0.3 is 0 Å². The zero-order chi connectivity index (χ0) is 13.9. The van der Waals surface area contributed by atoms with Crippen LogP contribution in [0.1, 0.15) is 11.3 Å². The van der Waals surface area contributed by atoms with Crippen molar-refractivity contribution in [3.63, 3.8) is 0 Å². The van der Waals surface area contributed by atoms with E-state index in [1.165, 1.54) is 0 Å². The molecule has 0 saturated heterocycles. The van der Waals surface area contributed by atoms with Crippen molar-refractivity contribution in [2.45, 2.75) is 13.0 Å². The lowest BCUT2D eigenvalue weighted by Crippen LogP contribution is -2.38. The fourth-order valence-electron chi connectivity index (χ4n) is 2.23. The highest BCUT2D eigenvalue weighted by Gasteiger charge is 2.22. The highest BCUT2D eigenvalue weighted by Crippen LogP contribution is 2.23. The van der Waals surface area contributed by atoms with Gasteiger partial charge in [0, 0.05) is 30.8 Å². The molecule has 0 atom stereocenters. The van der Waals surface area contributed by atoms with Crippen molar-refractivity contribution in [3.8, 4) is 5.75 Å². The van der Waals surface area contributed by atoms with Crippen molar-refractivity contribution in [2.24, 2.45) is 0 Å². The summed E-state index contributed by atoms with van der Waals surface area (Å²) in [7, 11) is 0. The summed E-state index contributed by atoms with van der Waals surface area (Å²) in [6.07, 6.45) is 2.57. The van der Waals surface area contributed by atoms with Crippen LogP contribution in [0.4, 0.5) is 0 Å². The Morgan fingerprint density at radius 1 is 1.45 bits per heavy atom. The largest absolute Gasteiger partial charge is 0.482 e. The quantitative estimate of drug-likeness (QED) is 0.941. The third-order valence-electron chi connectivity index (χ3n) is 3.34. The Bertz CT molecular complexity index is 626. The van der Waals surface area contributed by atoms with Crippen LogP contribution in [0.5, 0.6) is 5.75 Å². The maximum absolute atomic E-state index is 12.1. The summed E-state index contributed by atoms with van der Waals surface area (Å²) in [4.78, 5) is 13.9. The molecule has 1 N–H and O–H groups in total. The van der Waals surface area contributed by atoms with Crippen molar-refractivity contribution in [2.75, 3.05) is 13.2 Å². The van der Waals surface area contributed by atoms with Crippen molar-refractivity contribution in [3.05, 3.63) is 46.7 Å². The third-order valence-corrected chi connectivity index (χ3v) is 3.65. The number of aromatic amines is 1. The number of amides is 1. The van der Waals surface area contributed by atoms with Gasteiger partial charge in [0.15, 0.2) is 6.61 Å². The van der Waals surface area contributed by atoms with Gasteiger partial charge in [-0.25, -0.2) is 0 Å². The number of halogens is 1. The minimum atomic E-state index is -0.0447. The minimum absolute atomic E-state index is 0.00306. The Labute approximate surface area is 121 Å². The number of hydrogen-bond acceptors (Lipinski definition) is 3. The van der Waals surface area contributed by atoms with E-state index in [1.54, 1.807) is 23.2 Å². The smallest absolute Gasteiger partial charge is 0.260 e. The molecule has 1 aromatic heterocycles. The molecule has 1 aromatic carbocycles. The molecule has 0 radical (unpaired) electrons. The highest BCUT2D eigenvalue weighted by atomic mass is 35.5. The van der Waals surface area contributed by atoms with Gasteiger partial charge < -0.3 is 9.64 Å². The Morgan fingerprint density at radius 2 is 2.30 bits per heavy atom. The van der Waals surface area contributed by atoms with Gasteiger partial charge in [0.25, 0.3) is 5.91 Å². The molecular weight excluding hydrogens is 278 g/mol. The third kappa shape index (κ3) is 2.63. The fourth-order valence-corrected chi connectivity index (χ4v) is 2.42. The number of para-hydroxylation sites is 1. The first-order valence-electron chi connectivity index (χ1n) is 6.40. The Balaban J connectivity index is 1.59. The number of fused-ring (bicyclic) bond motifs is 1. The first-order chi connectivity index (χ1) is 9.74. The Hall–Kier alpha value is -2.01. The average molecular weight is 292 g/mol. The van der Waals surface area contributed by atoms with Crippen molar-refractivity contribution < 1.29 is 9.53 Å². The van der Waals surface area contributed by atoms with E-state index in [1.807, 2.05) is 12.1 Å². The first-order valence-corrected chi connectivity index (χ1v) is 6.78. The number of nitrogens with one attached hydrogen (secondary N) is 1. The maximum Gasteiger partial charge on any atom is 0.260 e. The van der Waals surface area contributed by atoms with Crippen LogP contribution in [0.2, 0.25) is 5.02 Å². The van der Waals surface area contributed by atoms with Crippen LogP contribution in [0.15, 0.2) is 30.5 Å². The molecule has 0 bridgehead atoms. The lowest BCUT2D eigenvalue weighted by molar-refractivity contribution is -0.134. The number of carbonyl (C=O) groups is 1. The first kappa shape index (κ1) is 13.0. The summed E-state index contributed by atoms with van der Waals surface area (Å²) in [5.41, 5.74) is 2.18. The normalized spacial score (nSPS) is 13.9. The van der Waals surface area contributed by atoms with Crippen LogP contribution in [0, 0.1) is 0 Å². The molecule has 1 aliphatic rings. The second-order valence-corrected chi connectivity index (χ2v) is 5.07. The number of ether oxygens (including phenoxy) is 1. The van der Waals surface area contributed by atoms with E-state index >= 15 is 0 Å². The molecule has 0 aliphatic carbocycles. The van der Waals surface area contributed by atoms with E-state index in [0.717, 1.165) is 17.7 Å². The van der Waals surface area contributed by atoms with E-state index in [2.05, 4.69) is 10.2 Å². The van der Waals surface area contributed by atoms with Crippen LogP contribution in [0.25, 0.3) is 0 Å². The summed E-state index contributed by atoms with van der Waals surface area (Å²) in [5.74, 6) is 0.486. The average Bonchev–Trinajstić information content (AvgIpc) is 2.93. The predicted octanol–water partition coefficient (Wildman–Crippen LogP) is 2.03. The zero-order valence-corrected chi connectivity index (χ0v) is 11.6. The zero-order valence-electron chi connectivity index (χ0n) is 10.8. The Morgan fingerprint density at radius 3 is 3.15 bits per heavy atom. The number of rotatable bonds is 3. The van der Waals surface area contributed by atoms with E-state index in [0.29, 0.717) is 23.9 Å². The molecule has 0 unspecified atom stereocenters. The molecule has 1 amide bonds. The van der Waals surface area contributed by atoms with Gasteiger partial charge in [0.05, 0.1) is 11.2 Å². The van der Waals surface area contributed by atoms with Gasteiger partial charge in [0.1, 0.15) is 5.75 Å². The SMILES string of the molecule is O=C(COc1ccccc1Cl)N1CCc2[nH]ncc2C1. The van der Waals surface area contributed by atoms with Crippen LogP contribution in [-0.2, 0) is 17.8 Å². The molecule has 6 heteroatoms. The molecule has 5 nitrogen and oxygen atoms in total. The van der Waals surface area contributed by atoms with Gasteiger partial charge in [-0.05, 0) is 12.1 Å². The summed E-state index contributed by atoms with van der Waals surface area (Å²) in [6, 6.07) is 7.13. The van der Waals surface area contributed by atoms with Crippen LogP contribution in [-0.4, -0.2) is 34.2 Å². The van der Waals surface area contributed by atoms with Gasteiger partial charge in [-0.3, -0.25) is 9.89 Å². The van der Waals surface area contributed by atoms with Gasteiger partial charge in [0.2, 0.25) is 0 Å². The highest BCUT2D eigenvalue weighted by molar-refractivity contribution is 6.32. The molecule has 1 aliphatic heterocycles. The summed E-state index contributed by atoms with van der Waals surface area (Å²) >= 11 is 5.98. The van der Waals surface area contributed by atoms with Crippen LogP contribution >= 0.6 is 11.6 Å². The molecule has 104 valence electrons. The number of nitrogens with zero attached hydrogens (tertiary/aromatic N) is 2. The predicted molar refractivity (Wildman–Crippen MR) is 74.7 cm³/mol. The van der Waals surface area contributed by atoms with Crippen molar-refractivity contribution >= 4 is 17.5 Å². The maximum atomic E-state index is 12.1. The van der Waals surface area contributed by atoms with E-state index in [9.17, 15) is 4.79 Å². The van der Waals surface area contributed by atoms with Gasteiger partial charge in [-0.2, -0.15) is 5.10 Å². The summed E-state index contributed by atoms with van der Waals surface area (Å²) < 4.78 is 5.47. The van der Waals surface area contributed by atoms with Crippen LogP contribution < -0.4 is 4.74 Å². The second-order valence-electron chi connectivity index (χ2n) is 4.66. The lowest BCUT2D eigenvalue weighted by atomic mass is 10.1. The van der Waals surface area contributed by atoms with Gasteiger partial charge in [-0.15, -0.1) is 0 Å². The monoisotopic (exact) mass is 291 g/mol. The second kappa shape index (κ2) is 5.54. The number of benzene rings is 1. The number of carbonyl (C=O) groups excluding carboxylic acids is 1. The molecule has 0 saturated carbocycles. The molecule has 2 aromatic rings. The fraction of sp³-hybridized carbons (Fsp3) is 0.286. The van der Waals surface area contributed by atoms with E-state index in [-0.39, 0.29) is 12.5 Å². The number of H-pyrrole nitrogens is 1. The molecule has 0 fully saturated rings. The number of aromatic nitrogens is 2. The van der Waals surface area contributed by atoms with E-state index < -0.39 is 0 Å². The molecular formula is C14H14ClN3O2. The summed E-state index contributed by atoms with van der Waals surface area (Å²) in [5, 5.41) is 7.45. The van der Waals surface area contributed by atoms with E-state index in [4.69, 9.17) is 16.3 Å². The topological polar surface area (TPSA) is 58.2 Å². The molecule has 3 rings (SSSR count). The van der Waals surface area contributed by atoms with Crippen molar-refractivity contribution in [1.82, 2.24) is 15.1 Å². The van der Waals surface area contributed by atoms with Crippen molar-refractivity contribution in [1.29, 1.82) is 0 Å². The Kier molecular flexibility index (Phi) is 3.60. The van der Waals surface area contributed by atoms with Gasteiger partial charge in [-0.1, -0.05) is 23.7 Å². The standard InChI is InChI=1S/C14H14ClN3O2/c15-11-3-1-2-4-13(11)20-9-14(19)18-6-5-12-10(8-18)7-16-17-12/h1-4,7H,5-6,8-9H2,(H,16,17). The minimum Gasteiger partial charge on any atom is -0.482 e. The van der Waals surface area contributed by atoms with Crippen LogP contribution in [0.3, 0.4) is 0 Å². The molecule has 2 heterocycles.